The standard InChI is InChI=1S/C21H21Cl2NO/c1-15(7-8-16-5-3-2-4-6-16)24-14-18-10-12-21(25-18)19-11-9-17(22)13-20(19)23/h2-6,9-13,15,24H,7-8,14H2,1H3/t15-/m0/s1. The Morgan fingerprint density at radius 1 is 1.00 bits per heavy atom. The summed E-state index contributed by atoms with van der Waals surface area (Å²) in [4.78, 5) is 0. The number of hydrogen-bond donors (Lipinski definition) is 1. The Hall–Kier alpha value is -1.74. The highest BCUT2D eigenvalue weighted by molar-refractivity contribution is 6.36. The molecular formula is C21H21Cl2NO. The number of halogens is 2. The lowest BCUT2D eigenvalue weighted by Crippen LogP contribution is -2.25. The minimum atomic E-state index is 0.410. The van der Waals surface area contributed by atoms with Crippen LogP contribution in [0.1, 0.15) is 24.7 Å². The summed E-state index contributed by atoms with van der Waals surface area (Å²) in [5, 5.41) is 4.72. The van der Waals surface area contributed by atoms with E-state index in [-0.39, 0.29) is 0 Å². The Labute approximate surface area is 158 Å². The van der Waals surface area contributed by atoms with Crippen LogP contribution in [-0.2, 0) is 13.0 Å². The van der Waals surface area contributed by atoms with Crippen molar-refractivity contribution in [3.63, 3.8) is 0 Å². The number of nitrogens with one attached hydrogen (secondary N) is 1. The Bertz CT molecular complexity index is 814. The van der Waals surface area contributed by atoms with Gasteiger partial charge in [0.1, 0.15) is 11.5 Å². The lowest BCUT2D eigenvalue weighted by molar-refractivity contribution is 0.449. The van der Waals surface area contributed by atoms with Crippen LogP contribution in [0.5, 0.6) is 0 Å². The highest BCUT2D eigenvalue weighted by Gasteiger charge is 2.10. The Morgan fingerprint density at radius 3 is 2.56 bits per heavy atom. The van der Waals surface area contributed by atoms with Gasteiger partial charge >= 0.3 is 0 Å². The second-order valence-electron chi connectivity index (χ2n) is 6.20. The summed E-state index contributed by atoms with van der Waals surface area (Å²) in [7, 11) is 0. The molecule has 0 aliphatic heterocycles. The molecule has 0 amide bonds. The summed E-state index contributed by atoms with van der Waals surface area (Å²) in [5.74, 6) is 1.66. The van der Waals surface area contributed by atoms with Gasteiger partial charge in [0.2, 0.25) is 0 Å². The van der Waals surface area contributed by atoms with E-state index < -0.39 is 0 Å². The van der Waals surface area contributed by atoms with Gasteiger partial charge in [-0.2, -0.15) is 0 Å². The van der Waals surface area contributed by atoms with Crippen LogP contribution < -0.4 is 5.32 Å². The highest BCUT2D eigenvalue weighted by atomic mass is 35.5. The molecule has 2 nitrogen and oxygen atoms in total. The van der Waals surface area contributed by atoms with Crippen molar-refractivity contribution in [2.45, 2.75) is 32.4 Å². The number of benzene rings is 2. The molecule has 130 valence electrons. The maximum Gasteiger partial charge on any atom is 0.135 e. The fraction of sp³-hybridized carbons (Fsp3) is 0.238. The minimum absolute atomic E-state index is 0.410. The molecule has 0 aliphatic carbocycles. The molecule has 1 heterocycles. The predicted octanol–water partition coefficient (Wildman–Crippen LogP) is 6.36. The Kier molecular flexibility index (Phi) is 6.19. The van der Waals surface area contributed by atoms with Gasteiger partial charge in [0.15, 0.2) is 0 Å². The van der Waals surface area contributed by atoms with Crippen molar-refractivity contribution in [1.82, 2.24) is 5.32 Å². The summed E-state index contributed by atoms with van der Waals surface area (Å²) < 4.78 is 5.91. The van der Waals surface area contributed by atoms with E-state index in [1.54, 1.807) is 6.07 Å². The molecule has 1 N–H and O–H groups in total. The monoisotopic (exact) mass is 373 g/mol. The first-order chi connectivity index (χ1) is 12.1. The SMILES string of the molecule is C[C@@H](CCc1ccccc1)NCc1ccc(-c2ccc(Cl)cc2Cl)o1. The summed E-state index contributed by atoms with van der Waals surface area (Å²) in [6.07, 6.45) is 2.15. The van der Waals surface area contributed by atoms with E-state index in [0.717, 1.165) is 29.9 Å². The zero-order chi connectivity index (χ0) is 17.6. The molecule has 4 heteroatoms. The van der Waals surface area contributed by atoms with Crippen LogP contribution in [0.4, 0.5) is 0 Å². The molecule has 0 fully saturated rings. The first kappa shape index (κ1) is 18.1. The number of hydrogen-bond acceptors (Lipinski definition) is 2. The molecular weight excluding hydrogens is 353 g/mol. The molecule has 0 saturated heterocycles. The van der Waals surface area contributed by atoms with Gasteiger partial charge in [-0.25, -0.2) is 0 Å². The highest BCUT2D eigenvalue weighted by Crippen LogP contribution is 2.31. The normalized spacial score (nSPS) is 12.3. The molecule has 3 rings (SSSR count). The van der Waals surface area contributed by atoms with Crippen molar-refractivity contribution < 1.29 is 4.42 Å². The van der Waals surface area contributed by atoms with E-state index in [0.29, 0.717) is 22.6 Å². The molecule has 2 aromatic carbocycles. The van der Waals surface area contributed by atoms with E-state index in [1.807, 2.05) is 30.3 Å². The summed E-state index contributed by atoms with van der Waals surface area (Å²) >= 11 is 12.2. The van der Waals surface area contributed by atoms with Crippen molar-refractivity contribution >= 4 is 23.2 Å². The van der Waals surface area contributed by atoms with Gasteiger partial charge in [0, 0.05) is 16.6 Å². The van der Waals surface area contributed by atoms with Crippen molar-refractivity contribution in [3.8, 4) is 11.3 Å². The quantitative estimate of drug-likeness (QED) is 0.520. The summed E-state index contributed by atoms with van der Waals surface area (Å²) in [5.41, 5.74) is 2.23. The van der Waals surface area contributed by atoms with Gasteiger partial charge in [-0.3, -0.25) is 0 Å². The van der Waals surface area contributed by atoms with Gasteiger partial charge in [0.25, 0.3) is 0 Å². The third-order valence-corrected chi connectivity index (χ3v) is 4.74. The van der Waals surface area contributed by atoms with E-state index in [4.69, 9.17) is 27.6 Å². The van der Waals surface area contributed by atoms with Crippen molar-refractivity contribution in [2.24, 2.45) is 0 Å². The minimum Gasteiger partial charge on any atom is -0.460 e. The second-order valence-corrected chi connectivity index (χ2v) is 7.04. The molecule has 0 bridgehead atoms. The lowest BCUT2D eigenvalue weighted by atomic mass is 10.1. The molecule has 3 aromatic rings. The summed E-state index contributed by atoms with van der Waals surface area (Å²) in [6.45, 7) is 2.89. The number of furan rings is 1. The smallest absolute Gasteiger partial charge is 0.135 e. The fourth-order valence-electron chi connectivity index (χ4n) is 2.71. The van der Waals surface area contributed by atoms with Crippen LogP contribution in [0.15, 0.2) is 65.1 Å². The maximum absolute atomic E-state index is 6.24. The summed E-state index contributed by atoms with van der Waals surface area (Å²) in [6, 6.07) is 20.3. The Balaban J connectivity index is 1.53. The van der Waals surface area contributed by atoms with Crippen LogP contribution in [0.3, 0.4) is 0 Å². The van der Waals surface area contributed by atoms with Gasteiger partial charge in [-0.05, 0) is 55.7 Å². The first-order valence-corrected chi connectivity index (χ1v) is 9.19. The predicted molar refractivity (Wildman–Crippen MR) is 105 cm³/mol. The van der Waals surface area contributed by atoms with Crippen molar-refractivity contribution in [1.29, 1.82) is 0 Å². The van der Waals surface area contributed by atoms with Crippen molar-refractivity contribution in [3.05, 3.63) is 82.0 Å². The molecule has 1 atom stereocenters. The van der Waals surface area contributed by atoms with Crippen LogP contribution in [0.2, 0.25) is 10.0 Å². The Morgan fingerprint density at radius 2 is 1.80 bits per heavy atom. The number of aryl methyl sites for hydroxylation is 1. The second kappa shape index (κ2) is 8.57. The molecule has 0 saturated carbocycles. The molecule has 1 aromatic heterocycles. The third-order valence-electron chi connectivity index (χ3n) is 4.19. The van der Waals surface area contributed by atoms with Gasteiger partial charge < -0.3 is 9.73 Å². The van der Waals surface area contributed by atoms with Gasteiger partial charge in [-0.15, -0.1) is 0 Å². The van der Waals surface area contributed by atoms with Gasteiger partial charge in [-0.1, -0.05) is 53.5 Å². The maximum atomic E-state index is 6.24. The van der Waals surface area contributed by atoms with Crippen LogP contribution in [-0.4, -0.2) is 6.04 Å². The fourth-order valence-corrected chi connectivity index (χ4v) is 3.21. The molecule has 0 spiro atoms. The van der Waals surface area contributed by atoms with Crippen LogP contribution >= 0.6 is 23.2 Å². The van der Waals surface area contributed by atoms with Crippen molar-refractivity contribution in [2.75, 3.05) is 0 Å². The average Bonchev–Trinajstić information content (AvgIpc) is 3.08. The molecule has 0 aliphatic rings. The van der Waals surface area contributed by atoms with E-state index >= 15 is 0 Å². The van der Waals surface area contributed by atoms with Gasteiger partial charge in [0.05, 0.1) is 11.6 Å². The third kappa shape index (κ3) is 5.12. The van der Waals surface area contributed by atoms with Crippen LogP contribution in [0, 0.1) is 0 Å². The zero-order valence-electron chi connectivity index (χ0n) is 14.1. The van der Waals surface area contributed by atoms with E-state index in [2.05, 4.69) is 36.5 Å². The molecule has 0 unspecified atom stereocenters. The topological polar surface area (TPSA) is 25.2 Å². The zero-order valence-corrected chi connectivity index (χ0v) is 15.6. The van der Waals surface area contributed by atoms with Crippen LogP contribution in [0.25, 0.3) is 11.3 Å². The number of rotatable bonds is 7. The molecule has 25 heavy (non-hydrogen) atoms. The molecule has 0 radical (unpaired) electrons. The first-order valence-electron chi connectivity index (χ1n) is 8.43. The lowest BCUT2D eigenvalue weighted by Gasteiger charge is -2.12. The van der Waals surface area contributed by atoms with E-state index in [1.165, 1.54) is 5.56 Å². The van der Waals surface area contributed by atoms with E-state index in [9.17, 15) is 0 Å². The largest absolute Gasteiger partial charge is 0.460 e. The average molecular weight is 374 g/mol.